The Hall–Kier alpha value is -3.24. The van der Waals surface area contributed by atoms with Gasteiger partial charge in [-0.1, -0.05) is 39.0 Å². The van der Waals surface area contributed by atoms with Crippen LogP contribution in [0.3, 0.4) is 0 Å². The number of nitrogens with one attached hydrogen (secondary N) is 2. The van der Waals surface area contributed by atoms with Crippen LogP contribution in [0.25, 0.3) is 17.2 Å². The predicted molar refractivity (Wildman–Crippen MR) is 143 cm³/mol. The van der Waals surface area contributed by atoms with Gasteiger partial charge in [0.1, 0.15) is 17.1 Å². The maximum atomic E-state index is 6.11. The minimum Gasteiger partial charge on any atom is -0.455 e. The Kier molecular flexibility index (Phi) is 10.7. The first-order chi connectivity index (χ1) is 16.4. The maximum Gasteiger partial charge on any atom is 0.231 e. The Morgan fingerprint density at radius 3 is 2.44 bits per heavy atom. The van der Waals surface area contributed by atoms with Crippen molar-refractivity contribution >= 4 is 28.9 Å². The van der Waals surface area contributed by atoms with E-state index in [9.17, 15) is 0 Å². The van der Waals surface area contributed by atoms with Crippen molar-refractivity contribution in [3.8, 4) is 12.3 Å². The van der Waals surface area contributed by atoms with Crippen molar-refractivity contribution in [2.24, 2.45) is 5.92 Å². The van der Waals surface area contributed by atoms with E-state index in [1.807, 2.05) is 40.0 Å². The second-order valence-electron chi connectivity index (χ2n) is 8.15. The van der Waals surface area contributed by atoms with Gasteiger partial charge in [0.05, 0.1) is 13.2 Å². The van der Waals surface area contributed by atoms with Crippen LogP contribution in [0.5, 0.6) is 0 Å². The van der Waals surface area contributed by atoms with Crippen LogP contribution < -0.4 is 15.5 Å². The van der Waals surface area contributed by atoms with Crippen molar-refractivity contribution in [3.63, 3.8) is 0 Å². The van der Waals surface area contributed by atoms with Crippen LogP contribution in [0, 0.1) is 25.2 Å². The third kappa shape index (κ3) is 6.88. The number of anilines is 2. The van der Waals surface area contributed by atoms with Crippen LogP contribution in [0.2, 0.25) is 0 Å². The lowest BCUT2D eigenvalue weighted by Gasteiger charge is -2.28. The van der Waals surface area contributed by atoms with Gasteiger partial charge in [0.2, 0.25) is 5.95 Å². The molecular formula is C27H39N5O2. The van der Waals surface area contributed by atoms with E-state index < -0.39 is 0 Å². The Labute approximate surface area is 204 Å². The van der Waals surface area contributed by atoms with Gasteiger partial charge >= 0.3 is 0 Å². The van der Waals surface area contributed by atoms with E-state index in [1.54, 1.807) is 0 Å². The van der Waals surface area contributed by atoms with Crippen LogP contribution in [0.4, 0.5) is 11.8 Å². The van der Waals surface area contributed by atoms with Crippen LogP contribution >= 0.6 is 0 Å². The lowest BCUT2D eigenvalue weighted by molar-refractivity contribution is 0.122. The summed E-state index contributed by atoms with van der Waals surface area (Å²) in [6.07, 6.45) is 13.9. The van der Waals surface area contributed by atoms with Gasteiger partial charge in [-0.3, -0.25) is 0 Å². The molecule has 2 aromatic rings. The van der Waals surface area contributed by atoms with E-state index in [0.717, 1.165) is 53.6 Å². The maximum absolute atomic E-state index is 6.11. The molecule has 1 fully saturated rings. The third-order valence-electron chi connectivity index (χ3n) is 5.41. The number of aryl methyl sites for hydroxylation is 1. The first-order valence-electron chi connectivity index (χ1n) is 11.9. The summed E-state index contributed by atoms with van der Waals surface area (Å²) >= 11 is 0. The summed E-state index contributed by atoms with van der Waals surface area (Å²) in [4.78, 5) is 11.8. The largest absolute Gasteiger partial charge is 0.455 e. The zero-order valence-electron chi connectivity index (χ0n) is 21.7. The van der Waals surface area contributed by atoms with E-state index in [0.29, 0.717) is 25.1 Å². The normalized spacial score (nSPS) is 14.9. The number of furan rings is 1. The van der Waals surface area contributed by atoms with Gasteiger partial charge in [-0.2, -0.15) is 4.98 Å². The Balaban J connectivity index is 0.000000945. The van der Waals surface area contributed by atoms with Crippen molar-refractivity contribution in [3.05, 3.63) is 40.9 Å². The highest BCUT2D eigenvalue weighted by Crippen LogP contribution is 2.33. The zero-order chi connectivity index (χ0) is 25.1. The molecule has 0 bridgehead atoms. The molecule has 0 aliphatic carbocycles. The van der Waals surface area contributed by atoms with E-state index >= 15 is 0 Å². The van der Waals surface area contributed by atoms with Crippen molar-refractivity contribution < 1.29 is 9.15 Å². The Morgan fingerprint density at radius 2 is 1.91 bits per heavy atom. The number of hydrogen-bond acceptors (Lipinski definition) is 7. The molecule has 0 radical (unpaired) electrons. The highest BCUT2D eigenvalue weighted by Gasteiger charge is 2.23. The summed E-state index contributed by atoms with van der Waals surface area (Å²) in [5.74, 6) is 5.87. The molecule has 2 N–H and O–H groups in total. The monoisotopic (exact) mass is 465 g/mol. The molecule has 34 heavy (non-hydrogen) atoms. The van der Waals surface area contributed by atoms with Gasteiger partial charge in [0, 0.05) is 32.1 Å². The number of fused-ring (bicyclic) bond motifs is 1. The predicted octanol–water partition coefficient (Wildman–Crippen LogP) is 5.51. The molecule has 7 nitrogen and oxygen atoms in total. The highest BCUT2D eigenvalue weighted by molar-refractivity contribution is 5.93. The lowest BCUT2D eigenvalue weighted by atomic mass is 10.0. The molecule has 0 saturated carbocycles. The van der Waals surface area contributed by atoms with Crippen molar-refractivity contribution in [2.45, 2.75) is 48.0 Å². The minimum atomic E-state index is 0.422. The number of nitrogens with zero attached hydrogens (tertiary/aromatic N) is 3. The standard InChI is InChI=1S/C23H33N5O2.C4H6/c1-7-9-18-16(5)30-21-20(18)26-23(27-22(21)28-10-12-29-13-11-28)25-19(24-6)14-17(8-2)15(3)4;1-3-4-2/h7-9,14-15,24H,10-13H2,1-6H3,(H,25,26,27);1H,4H2,2H3/b9-7-,17-8+,19-14+;. The number of allylic oxidation sites excluding steroid dienone is 4. The van der Waals surface area contributed by atoms with Crippen molar-refractivity contribution in [1.82, 2.24) is 15.3 Å². The fraction of sp³-hybridized carbons (Fsp3) is 0.481. The summed E-state index contributed by atoms with van der Waals surface area (Å²) in [7, 11) is 1.89. The number of aromatic nitrogens is 2. The first-order valence-corrected chi connectivity index (χ1v) is 11.9. The SMILES string of the molecule is C#CCC.C/C=C\c1c(C)oc2c(N3CCOCC3)nc(N/C(=C/C(=C\C)C(C)C)NC)nc12. The summed E-state index contributed by atoms with van der Waals surface area (Å²) in [5, 5.41) is 6.58. The first kappa shape index (κ1) is 27.0. The number of ether oxygens (including phenoxy) is 1. The van der Waals surface area contributed by atoms with Crippen LogP contribution in [-0.4, -0.2) is 43.3 Å². The van der Waals surface area contributed by atoms with Gasteiger partial charge < -0.3 is 24.7 Å². The van der Waals surface area contributed by atoms with Gasteiger partial charge in [-0.05, 0) is 38.3 Å². The smallest absolute Gasteiger partial charge is 0.231 e. The molecule has 2 aromatic heterocycles. The fourth-order valence-corrected chi connectivity index (χ4v) is 3.54. The van der Waals surface area contributed by atoms with E-state index in [-0.39, 0.29) is 0 Å². The third-order valence-corrected chi connectivity index (χ3v) is 5.41. The summed E-state index contributed by atoms with van der Waals surface area (Å²) in [6.45, 7) is 15.2. The number of terminal acetylenes is 1. The molecule has 3 rings (SSSR count). The van der Waals surface area contributed by atoms with E-state index in [4.69, 9.17) is 25.5 Å². The van der Waals surface area contributed by atoms with Gasteiger partial charge in [-0.15, -0.1) is 12.3 Å². The molecule has 0 spiro atoms. The zero-order valence-corrected chi connectivity index (χ0v) is 21.7. The fourth-order valence-electron chi connectivity index (χ4n) is 3.54. The Morgan fingerprint density at radius 1 is 1.24 bits per heavy atom. The molecule has 184 valence electrons. The molecule has 0 aromatic carbocycles. The molecule has 1 aliphatic heterocycles. The number of hydrogen-bond donors (Lipinski definition) is 2. The van der Waals surface area contributed by atoms with E-state index in [1.165, 1.54) is 5.57 Å². The number of morpholine rings is 1. The minimum absolute atomic E-state index is 0.422. The highest BCUT2D eigenvalue weighted by atomic mass is 16.5. The second kappa shape index (κ2) is 13.5. The molecule has 0 unspecified atom stereocenters. The molecule has 1 aliphatic rings. The number of rotatable bonds is 7. The van der Waals surface area contributed by atoms with Gasteiger partial charge in [0.15, 0.2) is 11.4 Å². The van der Waals surface area contributed by atoms with E-state index in [2.05, 4.69) is 54.4 Å². The molecule has 1 saturated heterocycles. The Bertz CT molecular complexity index is 1070. The van der Waals surface area contributed by atoms with Crippen LogP contribution in [0.15, 0.2) is 34.0 Å². The topological polar surface area (TPSA) is 75.5 Å². The lowest BCUT2D eigenvalue weighted by Crippen LogP contribution is -2.37. The molecule has 7 heteroatoms. The van der Waals surface area contributed by atoms with Crippen LogP contribution in [0.1, 0.15) is 52.4 Å². The summed E-state index contributed by atoms with van der Waals surface area (Å²) < 4.78 is 11.6. The average molecular weight is 466 g/mol. The quantitative estimate of drug-likeness (QED) is 0.413. The van der Waals surface area contributed by atoms with Gasteiger partial charge in [-0.25, -0.2) is 4.98 Å². The summed E-state index contributed by atoms with van der Waals surface area (Å²) in [5.41, 5.74) is 3.75. The molecule has 3 heterocycles. The average Bonchev–Trinajstić information content (AvgIpc) is 3.16. The van der Waals surface area contributed by atoms with Crippen LogP contribution in [-0.2, 0) is 4.74 Å². The molecule has 0 atom stereocenters. The molecule has 0 amide bonds. The van der Waals surface area contributed by atoms with Crippen molar-refractivity contribution in [1.29, 1.82) is 0 Å². The van der Waals surface area contributed by atoms with Gasteiger partial charge in [0.25, 0.3) is 0 Å². The second-order valence-corrected chi connectivity index (χ2v) is 8.15. The summed E-state index contributed by atoms with van der Waals surface area (Å²) in [6, 6.07) is 0. The molecular weight excluding hydrogens is 426 g/mol. The van der Waals surface area contributed by atoms with Crippen molar-refractivity contribution in [2.75, 3.05) is 43.6 Å².